The van der Waals surface area contributed by atoms with Crippen molar-refractivity contribution in [2.75, 3.05) is 27.2 Å². The molecule has 13 heavy (non-hydrogen) atoms. The number of hydrogen-bond acceptors (Lipinski definition) is 3. The van der Waals surface area contributed by atoms with Crippen LogP contribution >= 0.6 is 0 Å². The maximum Gasteiger partial charge on any atom is 0.237 e. The zero-order valence-corrected chi connectivity index (χ0v) is 8.19. The van der Waals surface area contributed by atoms with E-state index in [1.54, 1.807) is 4.90 Å². The topological polar surface area (TPSA) is 40.6 Å². The molecule has 4 heteroatoms. The minimum Gasteiger partial charge on any atom is -0.332 e. The van der Waals surface area contributed by atoms with Crippen molar-refractivity contribution in [3.05, 3.63) is 0 Å². The van der Waals surface area contributed by atoms with E-state index >= 15 is 0 Å². The summed E-state index contributed by atoms with van der Waals surface area (Å²) in [4.78, 5) is 25.6. The Morgan fingerprint density at radius 1 is 1.62 bits per heavy atom. The number of aldehydes is 1. The molecule has 0 aliphatic carbocycles. The first-order valence-corrected chi connectivity index (χ1v) is 4.54. The lowest BCUT2D eigenvalue weighted by Gasteiger charge is -2.22. The number of nitrogens with zero attached hydrogens (tertiary/aromatic N) is 2. The molecule has 0 N–H and O–H groups in total. The van der Waals surface area contributed by atoms with E-state index in [0.29, 0.717) is 6.54 Å². The number of carbonyl (C=O) groups is 2. The van der Waals surface area contributed by atoms with Gasteiger partial charge in [-0.25, -0.2) is 0 Å². The van der Waals surface area contributed by atoms with E-state index in [-0.39, 0.29) is 11.9 Å². The summed E-state index contributed by atoms with van der Waals surface area (Å²) < 4.78 is 0. The van der Waals surface area contributed by atoms with E-state index in [1.165, 1.54) is 0 Å². The van der Waals surface area contributed by atoms with E-state index in [4.69, 9.17) is 0 Å². The van der Waals surface area contributed by atoms with Gasteiger partial charge in [-0.3, -0.25) is 4.79 Å². The molecule has 1 aliphatic heterocycles. The Bertz CT molecular complexity index is 204. The fourth-order valence-electron chi connectivity index (χ4n) is 1.60. The largest absolute Gasteiger partial charge is 0.332 e. The molecule has 0 aromatic heterocycles. The van der Waals surface area contributed by atoms with Crippen molar-refractivity contribution in [3.63, 3.8) is 0 Å². The van der Waals surface area contributed by atoms with Gasteiger partial charge in [-0.15, -0.1) is 0 Å². The summed E-state index contributed by atoms with van der Waals surface area (Å²) in [6.45, 7) is 1.13. The summed E-state index contributed by atoms with van der Waals surface area (Å²) in [6, 6.07) is -0.174. The van der Waals surface area contributed by atoms with E-state index in [1.807, 2.05) is 19.0 Å². The van der Waals surface area contributed by atoms with Crippen LogP contribution in [-0.2, 0) is 9.59 Å². The molecular weight excluding hydrogens is 168 g/mol. The molecule has 4 nitrogen and oxygen atoms in total. The highest BCUT2D eigenvalue weighted by atomic mass is 16.2. The molecule has 1 unspecified atom stereocenters. The predicted molar refractivity (Wildman–Crippen MR) is 49.4 cm³/mol. The molecular formula is C9H16N2O2. The number of likely N-dealkylation sites (tertiary alicyclic amines) is 1. The van der Waals surface area contributed by atoms with Gasteiger partial charge in [0.05, 0.1) is 12.6 Å². The molecule has 0 radical (unpaired) electrons. The summed E-state index contributed by atoms with van der Waals surface area (Å²) >= 11 is 0. The van der Waals surface area contributed by atoms with Gasteiger partial charge in [0, 0.05) is 6.54 Å². The van der Waals surface area contributed by atoms with Gasteiger partial charge in [0.15, 0.2) is 0 Å². The smallest absolute Gasteiger partial charge is 0.237 e. The first-order valence-electron chi connectivity index (χ1n) is 4.54. The lowest BCUT2D eigenvalue weighted by Crippen LogP contribution is -2.41. The van der Waals surface area contributed by atoms with Crippen LogP contribution in [0.25, 0.3) is 0 Å². The Hall–Kier alpha value is -0.900. The van der Waals surface area contributed by atoms with Gasteiger partial charge in [-0.1, -0.05) is 0 Å². The van der Waals surface area contributed by atoms with Gasteiger partial charge in [-0.2, -0.15) is 0 Å². The quantitative estimate of drug-likeness (QED) is 0.567. The van der Waals surface area contributed by atoms with Gasteiger partial charge in [-0.05, 0) is 26.9 Å². The highest BCUT2D eigenvalue weighted by molar-refractivity contribution is 5.81. The summed E-state index contributed by atoms with van der Waals surface area (Å²) in [5.41, 5.74) is 0. The van der Waals surface area contributed by atoms with Crippen molar-refractivity contribution < 1.29 is 9.59 Å². The van der Waals surface area contributed by atoms with Gasteiger partial charge in [0.1, 0.15) is 6.29 Å². The molecule has 0 aromatic carbocycles. The minimum absolute atomic E-state index is 0.0552. The number of likely N-dealkylation sites (N-methyl/N-ethyl adjacent to an activating group) is 1. The second-order valence-electron chi connectivity index (χ2n) is 3.67. The zero-order chi connectivity index (χ0) is 9.84. The Kier molecular flexibility index (Phi) is 3.42. The molecule has 0 saturated carbocycles. The Labute approximate surface area is 78.5 Å². The Morgan fingerprint density at radius 3 is 2.85 bits per heavy atom. The van der Waals surface area contributed by atoms with Crippen molar-refractivity contribution in [1.82, 2.24) is 9.80 Å². The van der Waals surface area contributed by atoms with Crippen molar-refractivity contribution in [3.8, 4) is 0 Å². The summed E-state index contributed by atoms with van der Waals surface area (Å²) in [5.74, 6) is 0.0552. The molecule has 1 rings (SSSR count). The highest BCUT2D eigenvalue weighted by Gasteiger charge is 2.27. The molecule has 0 spiro atoms. The number of hydrogen-bond donors (Lipinski definition) is 0. The van der Waals surface area contributed by atoms with Crippen LogP contribution in [0.3, 0.4) is 0 Å². The molecule has 1 fully saturated rings. The van der Waals surface area contributed by atoms with Crippen LogP contribution in [-0.4, -0.2) is 55.2 Å². The van der Waals surface area contributed by atoms with E-state index in [2.05, 4.69) is 0 Å². The first-order chi connectivity index (χ1) is 6.15. The van der Waals surface area contributed by atoms with Crippen LogP contribution < -0.4 is 0 Å². The van der Waals surface area contributed by atoms with E-state index in [0.717, 1.165) is 25.7 Å². The predicted octanol–water partition coefficient (Wildman–Crippen LogP) is -0.262. The molecule has 74 valence electrons. The summed E-state index contributed by atoms with van der Waals surface area (Å²) in [7, 11) is 3.70. The van der Waals surface area contributed by atoms with Crippen molar-refractivity contribution >= 4 is 12.2 Å². The number of amides is 1. The molecule has 1 atom stereocenters. The fraction of sp³-hybridized carbons (Fsp3) is 0.778. The third kappa shape index (κ3) is 2.52. The van der Waals surface area contributed by atoms with Crippen LogP contribution in [0.4, 0.5) is 0 Å². The monoisotopic (exact) mass is 184 g/mol. The lowest BCUT2D eigenvalue weighted by molar-refractivity contribution is -0.135. The second-order valence-corrected chi connectivity index (χ2v) is 3.67. The normalized spacial score (nSPS) is 22.4. The third-order valence-electron chi connectivity index (χ3n) is 2.23. The van der Waals surface area contributed by atoms with Crippen LogP contribution in [0.5, 0.6) is 0 Å². The van der Waals surface area contributed by atoms with Crippen LogP contribution in [0.1, 0.15) is 12.8 Å². The fourth-order valence-corrected chi connectivity index (χ4v) is 1.60. The number of carbonyl (C=O) groups excluding carboxylic acids is 2. The summed E-state index contributed by atoms with van der Waals surface area (Å²) in [5, 5.41) is 0. The molecule has 0 aromatic rings. The average Bonchev–Trinajstić information content (AvgIpc) is 2.49. The third-order valence-corrected chi connectivity index (χ3v) is 2.23. The molecule has 1 saturated heterocycles. The molecule has 1 heterocycles. The van der Waals surface area contributed by atoms with E-state index < -0.39 is 0 Å². The highest BCUT2D eigenvalue weighted by Crippen LogP contribution is 2.15. The Morgan fingerprint density at radius 2 is 2.31 bits per heavy atom. The van der Waals surface area contributed by atoms with Gasteiger partial charge in [0.25, 0.3) is 0 Å². The number of rotatable bonds is 3. The van der Waals surface area contributed by atoms with Gasteiger partial charge in [0.2, 0.25) is 5.91 Å². The SMILES string of the molecule is CN(C)CC(=O)N1CCCC1C=O. The van der Waals surface area contributed by atoms with Crippen molar-refractivity contribution in [1.29, 1.82) is 0 Å². The minimum atomic E-state index is -0.174. The van der Waals surface area contributed by atoms with Crippen LogP contribution in [0.15, 0.2) is 0 Å². The average molecular weight is 184 g/mol. The summed E-state index contributed by atoms with van der Waals surface area (Å²) in [6.07, 6.45) is 2.64. The molecule has 1 amide bonds. The molecule has 0 bridgehead atoms. The Balaban J connectivity index is 2.50. The van der Waals surface area contributed by atoms with Crippen molar-refractivity contribution in [2.45, 2.75) is 18.9 Å². The lowest BCUT2D eigenvalue weighted by atomic mass is 10.2. The van der Waals surface area contributed by atoms with Crippen molar-refractivity contribution in [2.24, 2.45) is 0 Å². The zero-order valence-electron chi connectivity index (χ0n) is 8.19. The molecule has 1 aliphatic rings. The van der Waals surface area contributed by atoms with Gasteiger partial charge >= 0.3 is 0 Å². The van der Waals surface area contributed by atoms with Gasteiger partial charge < -0.3 is 14.6 Å². The van der Waals surface area contributed by atoms with Crippen LogP contribution in [0, 0.1) is 0 Å². The first kappa shape index (κ1) is 10.2. The van der Waals surface area contributed by atoms with E-state index in [9.17, 15) is 9.59 Å². The maximum atomic E-state index is 11.6. The van der Waals surface area contributed by atoms with Crippen LogP contribution in [0.2, 0.25) is 0 Å². The second kappa shape index (κ2) is 4.37. The standard InChI is InChI=1S/C9H16N2O2/c1-10(2)6-9(13)11-5-3-4-8(11)7-12/h7-8H,3-6H2,1-2H3. The maximum absolute atomic E-state index is 11.6.